The molecule has 0 aromatic heterocycles. The Kier molecular flexibility index (Phi) is 8.29. The second-order valence-corrected chi connectivity index (χ2v) is 10.0. The molecule has 0 radical (unpaired) electrons. The summed E-state index contributed by atoms with van der Waals surface area (Å²) < 4.78 is 5.80. The van der Waals surface area contributed by atoms with Crippen LogP contribution < -0.4 is 10.6 Å². The summed E-state index contributed by atoms with van der Waals surface area (Å²) >= 11 is 7.55. The lowest BCUT2D eigenvalue weighted by Gasteiger charge is -2.44. The van der Waals surface area contributed by atoms with Gasteiger partial charge < -0.3 is 30.7 Å². The van der Waals surface area contributed by atoms with E-state index >= 15 is 0 Å². The number of alkyl halides is 1. The van der Waals surface area contributed by atoms with E-state index in [1.54, 1.807) is 13.2 Å². The monoisotopic (exact) mass is 448 g/mol. The minimum absolute atomic E-state index is 0.182. The van der Waals surface area contributed by atoms with Crippen LogP contribution in [0.25, 0.3) is 0 Å². The summed E-state index contributed by atoms with van der Waals surface area (Å²) in [7, 11) is 0. The highest BCUT2D eigenvalue weighted by Gasteiger charge is 2.48. The Morgan fingerprint density at radius 1 is 1.34 bits per heavy atom. The first-order valence-electron chi connectivity index (χ1n) is 10.4. The molecule has 2 aliphatic heterocycles. The molecule has 1 aliphatic carbocycles. The van der Waals surface area contributed by atoms with Crippen LogP contribution in [0.2, 0.25) is 0 Å². The number of aliphatic hydroxyl groups is 3. The van der Waals surface area contributed by atoms with E-state index in [0.717, 1.165) is 19.4 Å². The zero-order chi connectivity index (χ0) is 21.1. The molecule has 166 valence electrons. The Balaban J connectivity index is 1.59. The standard InChI is InChI=1S/C20H33ClN2O5S/c1-10(21)14(18-16(25)15(24)17(26)20(28-18)29-2)23-19(27)13-8-12(9-22-13)7-6-11-4-3-5-11/h6,10,12-18,20,22,24-26H,3-5,7-9H2,1-2H3,(H,23,27)/t10?,12?,13?,14?,15-,16+,17+,18+,20+/m0/s1. The lowest BCUT2D eigenvalue weighted by Crippen LogP contribution is -2.65. The van der Waals surface area contributed by atoms with Gasteiger partial charge in [-0.15, -0.1) is 23.4 Å². The fraction of sp³-hybridized carbons (Fsp3) is 0.850. The van der Waals surface area contributed by atoms with Gasteiger partial charge in [-0.25, -0.2) is 0 Å². The number of carbonyl (C=O) groups is 1. The number of hydrogen-bond acceptors (Lipinski definition) is 7. The molecule has 0 spiro atoms. The predicted molar refractivity (Wildman–Crippen MR) is 114 cm³/mol. The minimum Gasteiger partial charge on any atom is -0.388 e. The Morgan fingerprint density at radius 3 is 2.66 bits per heavy atom. The molecule has 2 saturated heterocycles. The van der Waals surface area contributed by atoms with Crippen LogP contribution in [0.5, 0.6) is 0 Å². The van der Waals surface area contributed by atoms with Gasteiger partial charge in [0.2, 0.25) is 5.91 Å². The van der Waals surface area contributed by atoms with Gasteiger partial charge in [0, 0.05) is 0 Å². The molecule has 29 heavy (non-hydrogen) atoms. The number of allylic oxidation sites excluding steroid dienone is 2. The molecule has 9 atom stereocenters. The molecular formula is C20H33ClN2O5S. The summed E-state index contributed by atoms with van der Waals surface area (Å²) in [5.74, 6) is 0.249. The maximum Gasteiger partial charge on any atom is 0.237 e. The van der Waals surface area contributed by atoms with Gasteiger partial charge in [0.1, 0.15) is 29.9 Å². The van der Waals surface area contributed by atoms with E-state index < -0.39 is 41.3 Å². The minimum atomic E-state index is -1.37. The van der Waals surface area contributed by atoms with Crippen LogP contribution in [0, 0.1) is 5.92 Å². The van der Waals surface area contributed by atoms with Crippen LogP contribution >= 0.6 is 23.4 Å². The zero-order valence-electron chi connectivity index (χ0n) is 17.0. The molecule has 3 aliphatic rings. The molecule has 1 saturated carbocycles. The van der Waals surface area contributed by atoms with E-state index in [1.165, 1.54) is 36.6 Å². The van der Waals surface area contributed by atoms with E-state index in [1.807, 2.05) is 0 Å². The third-order valence-corrected chi connectivity index (χ3v) is 7.40. The maximum atomic E-state index is 12.9. The molecule has 1 amide bonds. The number of carbonyl (C=O) groups excluding carboxylic acids is 1. The number of ether oxygens (including phenoxy) is 1. The van der Waals surface area contributed by atoms with Gasteiger partial charge in [-0.2, -0.15) is 0 Å². The van der Waals surface area contributed by atoms with Crippen molar-refractivity contribution < 1.29 is 24.9 Å². The van der Waals surface area contributed by atoms with Crippen LogP contribution in [-0.2, 0) is 9.53 Å². The lowest BCUT2D eigenvalue weighted by molar-refractivity contribution is -0.205. The first-order chi connectivity index (χ1) is 13.8. The average molecular weight is 449 g/mol. The van der Waals surface area contributed by atoms with Crippen molar-refractivity contribution in [1.82, 2.24) is 10.6 Å². The van der Waals surface area contributed by atoms with Crippen molar-refractivity contribution in [3.8, 4) is 0 Å². The third-order valence-electron chi connectivity index (χ3n) is 6.27. The first kappa shape index (κ1) is 23.3. The SMILES string of the molecule is CS[C@H]1O[C@H](C(NC(=O)C2CC(CC=C3CCC3)CN2)C(C)Cl)[C@H](O)[C@H](O)[C@H]1O. The fourth-order valence-electron chi connectivity index (χ4n) is 4.20. The number of nitrogens with one attached hydrogen (secondary N) is 2. The van der Waals surface area contributed by atoms with Gasteiger partial charge in [-0.1, -0.05) is 11.6 Å². The normalized spacial score (nSPS) is 39.5. The molecule has 0 aromatic rings. The lowest BCUT2D eigenvalue weighted by atomic mass is 9.89. The van der Waals surface area contributed by atoms with Crippen molar-refractivity contribution in [3.05, 3.63) is 11.6 Å². The van der Waals surface area contributed by atoms with Crippen molar-refractivity contribution in [2.24, 2.45) is 5.92 Å². The quantitative estimate of drug-likeness (QED) is 0.288. The summed E-state index contributed by atoms with van der Waals surface area (Å²) in [6, 6.07) is -1.01. The van der Waals surface area contributed by atoms with Crippen molar-refractivity contribution in [2.75, 3.05) is 12.8 Å². The Hall–Kier alpha value is -0.350. The number of halogens is 1. The van der Waals surface area contributed by atoms with Crippen molar-refractivity contribution in [3.63, 3.8) is 0 Å². The van der Waals surface area contributed by atoms with Crippen LogP contribution in [0.3, 0.4) is 0 Å². The highest BCUT2D eigenvalue weighted by Crippen LogP contribution is 2.31. The number of hydrogen-bond donors (Lipinski definition) is 5. The Bertz CT molecular complexity index is 599. The molecule has 0 aromatic carbocycles. The Labute approximate surface area is 181 Å². The predicted octanol–water partition coefficient (Wildman–Crippen LogP) is 0.748. The fourth-order valence-corrected chi connectivity index (χ4v) is 5.08. The van der Waals surface area contributed by atoms with E-state index in [-0.39, 0.29) is 11.9 Å². The van der Waals surface area contributed by atoms with Crippen LogP contribution in [0.4, 0.5) is 0 Å². The maximum absolute atomic E-state index is 12.9. The molecule has 9 heteroatoms. The first-order valence-corrected chi connectivity index (χ1v) is 12.1. The largest absolute Gasteiger partial charge is 0.388 e. The summed E-state index contributed by atoms with van der Waals surface area (Å²) in [5.41, 5.74) is 0.822. The zero-order valence-corrected chi connectivity index (χ0v) is 18.5. The van der Waals surface area contributed by atoms with Crippen LogP contribution in [0.15, 0.2) is 11.6 Å². The molecule has 5 N–H and O–H groups in total. The van der Waals surface area contributed by atoms with Crippen LogP contribution in [0.1, 0.15) is 39.0 Å². The molecule has 2 heterocycles. The number of rotatable bonds is 7. The summed E-state index contributed by atoms with van der Waals surface area (Å²) in [4.78, 5) is 12.9. The molecule has 3 fully saturated rings. The molecule has 0 bridgehead atoms. The second kappa shape index (κ2) is 10.3. The van der Waals surface area contributed by atoms with E-state index in [9.17, 15) is 20.1 Å². The summed E-state index contributed by atoms with van der Waals surface area (Å²) in [6.07, 6.45) is 4.68. The molecular weight excluding hydrogens is 416 g/mol. The Morgan fingerprint density at radius 2 is 2.07 bits per heavy atom. The second-order valence-electron chi connectivity index (χ2n) is 8.40. The van der Waals surface area contributed by atoms with Gasteiger partial charge in [0.15, 0.2) is 0 Å². The molecule has 3 rings (SSSR count). The van der Waals surface area contributed by atoms with Gasteiger partial charge in [-0.05, 0) is 57.7 Å². The van der Waals surface area contributed by atoms with Gasteiger partial charge in [0.25, 0.3) is 0 Å². The van der Waals surface area contributed by atoms with Gasteiger partial charge in [-0.3, -0.25) is 4.79 Å². The van der Waals surface area contributed by atoms with E-state index in [4.69, 9.17) is 16.3 Å². The summed E-state index contributed by atoms with van der Waals surface area (Å²) in [5, 5.41) is 36.3. The number of thioether (sulfide) groups is 1. The highest BCUT2D eigenvalue weighted by atomic mass is 35.5. The molecule has 7 nitrogen and oxygen atoms in total. The number of amides is 1. The smallest absolute Gasteiger partial charge is 0.237 e. The summed E-state index contributed by atoms with van der Waals surface area (Å²) in [6.45, 7) is 2.51. The third kappa shape index (κ3) is 5.47. The van der Waals surface area contributed by atoms with Gasteiger partial charge >= 0.3 is 0 Å². The average Bonchev–Trinajstić information content (AvgIpc) is 3.12. The van der Waals surface area contributed by atoms with E-state index in [0.29, 0.717) is 5.92 Å². The van der Waals surface area contributed by atoms with Crippen molar-refractivity contribution >= 4 is 29.3 Å². The van der Waals surface area contributed by atoms with Gasteiger partial charge in [0.05, 0.1) is 17.5 Å². The topological polar surface area (TPSA) is 111 Å². The van der Waals surface area contributed by atoms with E-state index in [2.05, 4.69) is 16.7 Å². The molecule has 4 unspecified atom stereocenters. The highest BCUT2D eigenvalue weighted by molar-refractivity contribution is 7.99. The number of aliphatic hydroxyl groups excluding tert-OH is 3. The van der Waals surface area contributed by atoms with Crippen LogP contribution in [-0.4, -0.2) is 81.3 Å². The van der Waals surface area contributed by atoms with Crippen molar-refractivity contribution in [1.29, 1.82) is 0 Å². The van der Waals surface area contributed by atoms with Crippen molar-refractivity contribution in [2.45, 2.75) is 86.3 Å².